The lowest BCUT2D eigenvalue weighted by molar-refractivity contribution is 0.102. The normalized spacial score (nSPS) is 14.9. The van der Waals surface area contributed by atoms with Crippen LogP contribution in [0.2, 0.25) is 0 Å². The van der Waals surface area contributed by atoms with Gasteiger partial charge in [-0.25, -0.2) is 4.98 Å². The van der Waals surface area contributed by atoms with Gasteiger partial charge in [0.15, 0.2) is 0 Å². The second-order valence-corrected chi connectivity index (χ2v) is 8.11. The lowest BCUT2D eigenvalue weighted by Crippen LogP contribution is -2.30. The number of carbonyl (C=O) groups excluding carboxylic acids is 1. The summed E-state index contributed by atoms with van der Waals surface area (Å²) in [5, 5.41) is 2.85. The van der Waals surface area contributed by atoms with Gasteiger partial charge in [0.25, 0.3) is 11.5 Å². The lowest BCUT2D eigenvalue weighted by atomic mass is 10.1. The van der Waals surface area contributed by atoms with Gasteiger partial charge in [-0.1, -0.05) is 13.3 Å². The van der Waals surface area contributed by atoms with Gasteiger partial charge in [-0.15, -0.1) is 0 Å². The summed E-state index contributed by atoms with van der Waals surface area (Å²) >= 11 is 0. The van der Waals surface area contributed by atoms with Crippen molar-refractivity contribution in [3.05, 3.63) is 57.3 Å². The first-order valence-corrected chi connectivity index (χ1v) is 10.7. The van der Waals surface area contributed by atoms with Crippen molar-refractivity contribution >= 4 is 22.6 Å². The largest absolute Gasteiger partial charge is 0.330 e. The van der Waals surface area contributed by atoms with Gasteiger partial charge in [-0.05, 0) is 69.1 Å². The molecule has 2 N–H and O–H groups in total. The maximum atomic E-state index is 12.7. The van der Waals surface area contributed by atoms with Crippen LogP contribution >= 0.6 is 0 Å². The molecule has 0 spiro atoms. The van der Waals surface area contributed by atoms with E-state index in [1.54, 1.807) is 6.07 Å². The van der Waals surface area contributed by atoms with Gasteiger partial charge < -0.3 is 14.9 Å². The molecule has 3 aromatic rings. The van der Waals surface area contributed by atoms with Gasteiger partial charge in [-0.3, -0.25) is 14.5 Å². The number of amides is 1. The molecule has 0 atom stereocenters. The Morgan fingerprint density at radius 2 is 1.97 bits per heavy atom. The van der Waals surface area contributed by atoms with Crippen LogP contribution in [-0.2, 0) is 20.0 Å². The first-order valence-electron chi connectivity index (χ1n) is 10.7. The average molecular weight is 408 g/mol. The molecule has 1 amide bonds. The number of imidazole rings is 1. The van der Waals surface area contributed by atoms with Gasteiger partial charge >= 0.3 is 0 Å². The summed E-state index contributed by atoms with van der Waals surface area (Å²) in [5.74, 6) is 0.614. The molecular formula is C23H29N5O2. The zero-order chi connectivity index (χ0) is 21.3. The van der Waals surface area contributed by atoms with Crippen LogP contribution in [-0.4, -0.2) is 38.4 Å². The highest BCUT2D eigenvalue weighted by Gasteiger charge is 2.17. The topological polar surface area (TPSA) is 83.0 Å². The molecule has 3 heterocycles. The van der Waals surface area contributed by atoms with E-state index < -0.39 is 5.91 Å². The molecule has 0 bridgehead atoms. The van der Waals surface area contributed by atoms with Crippen LogP contribution in [0.1, 0.15) is 53.6 Å². The van der Waals surface area contributed by atoms with Crippen LogP contribution in [0.3, 0.4) is 0 Å². The standard InChI is InChI=1S/C23H29N5O2/c1-4-18-15(2)12-17(23(30)26-18)22(29)24-16-8-9-20-19(13-16)25-21(27(20)3)14-28-10-6-5-7-11-28/h8-9,12-13H,4-7,10-11,14H2,1-3H3,(H,24,29)(H,26,30). The predicted octanol–water partition coefficient (Wildman–Crippen LogP) is 3.37. The van der Waals surface area contributed by atoms with E-state index in [2.05, 4.69) is 19.8 Å². The molecule has 1 fully saturated rings. The molecule has 7 nitrogen and oxygen atoms in total. The fraction of sp³-hybridized carbons (Fsp3) is 0.435. The molecule has 0 unspecified atom stereocenters. The number of benzene rings is 1. The quantitative estimate of drug-likeness (QED) is 0.679. The van der Waals surface area contributed by atoms with E-state index in [0.29, 0.717) is 5.69 Å². The Hall–Kier alpha value is -2.93. The van der Waals surface area contributed by atoms with E-state index in [9.17, 15) is 9.59 Å². The van der Waals surface area contributed by atoms with Gasteiger partial charge in [0.1, 0.15) is 11.4 Å². The minimum atomic E-state index is -0.411. The number of pyridine rings is 1. The summed E-state index contributed by atoms with van der Waals surface area (Å²) in [6.45, 7) is 6.95. The summed E-state index contributed by atoms with van der Waals surface area (Å²) in [7, 11) is 2.03. The number of carbonyl (C=O) groups is 1. The molecule has 1 saturated heterocycles. The molecule has 30 heavy (non-hydrogen) atoms. The molecule has 158 valence electrons. The first-order chi connectivity index (χ1) is 14.5. The van der Waals surface area contributed by atoms with E-state index in [-0.39, 0.29) is 11.1 Å². The maximum Gasteiger partial charge on any atom is 0.261 e. The number of likely N-dealkylation sites (tertiary alicyclic amines) is 1. The molecule has 7 heteroatoms. The van der Waals surface area contributed by atoms with Gasteiger partial charge in [0.05, 0.1) is 17.6 Å². The zero-order valence-corrected chi connectivity index (χ0v) is 17.9. The fourth-order valence-electron chi connectivity index (χ4n) is 4.19. The van der Waals surface area contributed by atoms with Crippen LogP contribution in [0, 0.1) is 6.92 Å². The Kier molecular flexibility index (Phi) is 5.72. The van der Waals surface area contributed by atoms with Crippen molar-refractivity contribution in [1.82, 2.24) is 19.4 Å². The van der Waals surface area contributed by atoms with E-state index in [1.165, 1.54) is 19.3 Å². The highest BCUT2D eigenvalue weighted by atomic mass is 16.2. The van der Waals surface area contributed by atoms with Gasteiger partial charge in [0, 0.05) is 18.4 Å². The predicted molar refractivity (Wildman–Crippen MR) is 119 cm³/mol. The second kappa shape index (κ2) is 8.44. The van der Waals surface area contributed by atoms with E-state index in [4.69, 9.17) is 4.98 Å². The molecule has 1 aliphatic rings. The number of rotatable bonds is 5. The third kappa shape index (κ3) is 4.03. The summed E-state index contributed by atoms with van der Waals surface area (Å²) in [4.78, 5) is 35.0. The molecular weight excluding hydrogens is 378 g/mol. The van der Waals surface area contributed by atoms with Crippen molar-refractivity contribution in [2.75, 3.05) is 18.4 Å². The molecule has 1 aromatic carbocycles. The van der Waals surface area contributed by atoms with Crippen molar-refractivity contribution in [3.63, 3.8) is 0 Å². The fourth-order valence-corrected chi connectivity index (χ4v) is 4.19. The number of piperidine rings is 1. The Morgan fingerprint density at radius 3 is 2.70 bits per heavy atom. The number of anilines is 1. The number of fused-ring (bicyclic) bond motifs is 1. The van der Waals surface area contributed by atoms with Crippen LogP contribution in [0.5, 0.6) is 0 Å². The molecule has 0 radical (unpaired) electrons. The van der Waals surface area contributed by atoms with Crippen molar-refractivity contribution in [2.45, 2.75) is 46.1 Å². The highest BCUT2D eigenvalue weighted by molar-refractivity contribution is 6.04. The minimum absolute atomic E-state index is 0.122. The molecule has 1 aliphatic heterocycles. The van der Waals surface area contributed by atoms with E-state index in [1.807, 2.05) is 39.1 Å². The van der Waals surface area contributed by atoms with Gasteiger partial charge in [-0.2, -0.15) is 0 Å². The zero-order valence-electron chi connectivity index (χ0n) is 17.9. The number of aromatic nitrogens is 3. The van der Waals surface area contributed by atoms with Crippen LogP contribution in [0.4, 0.5) is 5.69 Å². The minimum Gasteiger partial charge on any atom is -0.330 e. The Labute approximate surface area is 176 Å². The first kappa shape index (κ1) is 20.3. The third-order valence-corrected chi connectivity index (χ3v) is 5.99. The molecule has 4 rings (SSSR count). The third-order valence-electron chi connectivity index (χ3n) is 5.99. The molecule has 2 aromatic heterocycles. The number of hydrogen-bond donors (Lipinski definition) is 2. The summed E-state index contributed by atoms with van der Waals surface area (Å²) in [5.41, 5.74) is 4.02. The highest BCUT2D eigenvalue weighted by Crippen LogP contribution is 2.22. The SMILES string of the molecule is CCc1[nH]c(=O)c(C(=O)Nc2ccc3c(c2)nc(CN2CCCCC2)n3C)cc1C. The molecule has 0 saturated carbocycles. The van der Waals surface area contributed by atoms with Crippen LogP contribution in [0.25, 0.3) is 11.0 Å². The van der Waals surface area contributed by atoms with Crippen molar-refractivity contribution in [3.8, 4) is 0 Å². The number of nitrogens with zero attached hydrogens (tertiary/aromatic N) is 3. The van der Waals surface area contributed by atoms with Crippen LogP contribution < -0.4 is 10.9 Å². The number of nitrogens with one attached hydrogen (secondary N) is 2. The summed E-state index contributed by atoms with van der Waals surface area (Å²) in [6.07, 6.45) is 4.53. The average Bonchev–Trinajstić information content (AvgIpc) is 3.04. The van der Waals surface area contributed by atoms with E-state index >= 15 is 0 Å². The monoisotopic (exact) mass is 407 g/mol. The number of hydrogen-bond acceptors (Lipinski definition) is 4. The number of H-pyrrole nitrogens is 1. The van der Waals surface area contributed by atoms with E-state index in [0.717, 1.165) is 54.2 Å². The number of aryl methyl sites for hydroxylation is 3. The van der Waals surface area contributed by atoms with Crippen LogP contribution in [0.15, 0.2) is 29.1 Å². The Bertz CT molecular complexity index is 1140. The Morgan fingerprint density at radius 1 is 1.20 bits per heavy atom. The summed E-state index contributed by atoms with van der Waals surface area (Å²) < 4.78 is 2.12. The van der Waals surface area contributed by atoms with Gasteiger partial charge in [0.2, 0.25) is 0 Å². The maximum absolute atomic E-state index is 12.7. The van der Waals surface area contributed by atoms with Crippen molar-refractivity contribution < 1.29 is 4.79 Å². The lowest BCUT2D eigenvalue weighted by Gasteiger charge is -2.25. The summed E-state index contributed by atoms with van der Waals surface area (Å²) in [6, 6.07) is 7.35. The van der Waals surface area contributed by atoms with Crippen molar-refractivity contribution in [1.29, 1.82) is 0 Å². The second-order valence-electron chi connectivity index (χ2n) is 8.11. The number of aromatic amines is 1. The molecule has 0 aliphatic carbocycles. The van der Waals surface area contributed by atoms with Crippen molar-refractivity contribution in [2.24, 2.45) is 7.05 Å². The smallest absolute Gasteiger partial charge is 0.261 e. The Balaban J connectivity index is 1.56.